The maximum absolute atomic E-state index is 5.69. The van der Waals surface area contributed by atoms with Crippen LogP contribution in [-0.4, -0.2) is 25.3 Å². The van der Waals surface area contributed by atoms with Gasteiger partial charge in [-0.2, -0.15) is 4.98 Å². The molecule has 24 heavy (non-hydrogen) atoms. The highest BCUT2D eigenvalue weighted by molar-refractivity contribution is 7.98. The lowest BCUT2D eigenvalue weighted by molar-refractivity contribution is 0.391. The SMILES string of the molecule is Cc1nc(C)c(-c2nnc(SCc3nc(-c4cccs4)no3)o2)s1. The smallest absolute Gasteiger partial charge is 0.277 e. The lowest BCUT2D eigenvalue weighted by Crippen LogP contribution is -1.81. The molecule has 0 atom stereocenters. The topological polar surface area (TPSA) is 90.7 Å². The van der Waals surface area contributed by atoms with Gasteiger partial charge in [-0.05, 0) is 25.3 Å². The Hall–Kier alpha value is -2.04. The normalized spacial score (nSPS) is 11.2. The molecule has 0 unspecified atom stereocenters. The van der Waals surface area contributed by atoms with Gasteiger partial charge in [0, 0.05) is 0 Å². The lowest BCUT2D eigenvalue weighted by atomic mass is 10.4. The van der Waals surface area contributed by atoms with E-state index in [0.717, 1.165) is 20.5 Å². The largest absolute Gasteiger partial charge is 0.410 e. The Balaban J connectivity index is 1.44. The number of thiophene rings is 1. The Labute approximate surface area is 149 Å². The van der Waals surface area contributed by atoms with Gasteiger partial charge in [-0.1, -0.05) is 23.0 Å². The van der Waals surface area contributed by atoms with E-state index in [2.05, 4.69) is 25.3 Å². The summed E-state index contributed by atoms with van der Waals surface area (Å²) >= 11 is 4.47. The van der Waals surface area contributed by atoms with Gasteiger partial charge in [0.15, 0.2) is 0 Å². The minimum Gasteiger partial charge on any atom is -0.410 e. The molecule has 0 aromatic carbocycles. The minimum atomic E-state index is 0.464. The van der Waals surface area contributed by atoms with Crippen LogP contribution in [-0.2, 0) is 5.75 Å². The van der Waals surface area contributed by atoms with Crippen LogP contribution in [0, 0.1) is 13.8 Å². The number of rotatable bonds is 5. The van der Waals surface area contributed by atoms with E-state index in [1.807, 2.05) is 31.4 Å². The molecular formula is C14H11N5O2S3. The Bertz CT molecular complexity index is 957. The standard InChI is InChI=1S/C14H11N5O2S3/c1-7-11(24-8(2)15-7)13-17-18-14(20-13)23-6-10-16-12(19-21-10)9-4-3-5-22-9/h3-5H,6H2,1-2H3. The van der Waals surface area contributed by atoms with E-state index in [1.165, 1.54) is 11.8 Å². The van der Waals surface area contributed by atoms with Crippen molar-refractivity contribution in [2.24, 2.45) is 0 Å². The summed E-state index contributed by atoms with van der Waals surface area (Å²) in [7, 11) is 0. The monoisotopic (exact) mass is 377 g/mol. The molecule has 7 nitrogen and oxygen atoms in total. The van der Waals surface area contributed by atoms with Crippen molar-refractivity contribution in [3.05, 3.63) is 34.1 Å². The molecule has 0 amide bonds. The highest BCUT2D eigenvalue weighted by Crippen LogP contribution is 2.31. The lowest BCUT2D eigenvalue weighted by Gasteiger charge is -1.90. The van der Waals surface area contributed by atoms with Crippen molar-refractivity contribution in [3.63, 3.8) is 0 Å². The molecule has 4 aromatic rings. The van der Waals surface area contributed by atoms with Crippen molar-refractivity contribution in [1.29, 1.82) is 0 Å². The first-order valence-electron chi connectivity index (χ1n) is 6.96. The van der Waals surface area contributed by atoms with Crippen LogP contribution >= 0.6 is 34.4 Å². The van der Waals surface area contributed by atoms with Gasteiger partial charge in [-0.15, -0.1) is 32.9 Å². The Morgan fingerprint density at radius 1 is 1.21 bits per heavy atom. The summed E-state index contributed by atoms with van der Waals surface area (Å²) in [4.78, 5) is 10.6. The zero-order valence-corrected chi connectivity index (χ0v) is 15.2. The second-order valence-corrected chi connectivity index (χ2v) is 7.88. The Morgan fingerprint density at radius 3 is 2.88 bits per heavy atom. The number of nitrogens with zero attached hydrogens (tertiary/aromatic N) is 5. The van der Waals surface area contributed by atoms with Crippen molar-refractivity contribution in [1.82, 2.24) is 25.3 Å². The van der Waals surface area contributed by atoms with Gasteiger partial charge in [0.1, 0.15) is 4.88 Å². The summed E-state index contributed by atoms with van der Waals surface area (Å²) in [6.45, 7) is 3.88. The molecule has 0 saturated carbocycles. The second-order valence-electron chi connectivity index (χ2n) is 4.80. The number of aryl methyl sites for hydroxylation is 2. The van der Waals surface area contributed by atoms with Crippen LogP contribution in [0.2, 0.25) is 0 Å². The summed E-state index contributed by atoms with van der Waals surface area (Å²) in [5.41, 5.74) is 0.898. The molecule has 4 rings (SSSR count). The number of hydrogen-bond acceptors (Lipinski definition) is 10. The first kappa shape index (κ1) is 15.5. The Morgan fingerprint density at radius 2 is 2.12 bits per heavy atom. The van der Waals surface area contributed by atoms with Crippen LogP contribution in [0.1, 0.15) is 16.6 Å². The summed E-state index contributed by atoms with van der Waals surface area (Å²) in [5, 5.41) is 15.5. The third-order valence-electron chi connectivity index (χ3n) is 3.03. The minimum absolute atomic E-state index is 0.464. The predicted octanol–water partition coefficient (Wildman–Crippen LogP) is 4.21. The van der Waals surface area contributed by atoms with Crippen molar-refractivity contribution in [2.75, 3.05) is 0 Å². The summed E-state index contributed by atoms with van der Waals surface area (Å²) in [5.74, 6) is 2.08. The summed E-state index contributed by atoms with van der Waals surface area (Å²) < 4.78 is 10.9. The average Bonchev–Trinajstić information content (AvgIpc) is 3.33. The van der Waals surface area contributed by atoms with E-state index in [-0.39, 0.29) is 0 Å². The van der Waals surface area contributed by atoms with E-state index in [9.17, 15) is 0 Å². The highest BCUT2D eigenvalue weighted by atomic mass is 32.2. The molecule has 4 heterocycles. The quantitative estimate of drug-likeness (QED) is 0.478. The molecule has 0 N–H and O–H groups in total. The first-order chi connectivity index (χ1) is 11.7. The average molecular weight is 377 g/mol. The van der Waals surface area contributed by atoms with Crippen LogP contribution in [0.4, 0.5) is 0 Å². The fraction of sp³-hybridized carbons (Fsp3) is 0.214. The number of hydrogen-bond donors (Lipinski definition) is 0. The molecular weight excluding hydrogens is 366 g/mol. The van der Waals surface area contributed by atoms with Gasteiger partial charge in [0.2, 0.25) is 11.7 Å². The molecule has 0 bridgehead atoms. The van der Waals surface area contributed by atoms with E-state index in [0.29, 0.717) is 28.6 Å². The van der Waals surface area contributed by atoms with Crippen LogP contribution in [0.15, 0.2) is 31.7 Å². The number of thiazole rings is 1. The van der Waals surface area contributed by atoms with Gasteiger partial charge in [0.25, 0.3) is 11.1 Å². The van der Waals surface area contributed by atoms with Crippen LogP contribution in [0.3, 0.4) is 0 Å². The van der Waals surface area contributed by atoms with E-state index in [1.54, 1.807) is 22.7 Å². The van der Waals surface area contributed by atoms with E-state index < -0.39 is 0 Å². The fourth-order valence-corrected chi connectivity index (χ4v) is 4.12. The zero-order chi connectivity index (χ0) is 16.5. The van der Waals surface area contributed by atoms with Crippen molar-refractivity contribution >= 4 is 34.4 Å². The molecule has 0 spiro atoms. The summed E-state index contributed by atoms with van der Waals surface area (Å²) in [6, 6.07) is 3.91. The van der Waals surface area contributed by atoms with Crippen LogP contribution in [0.5, 0.6) is 0 Å². The van der Waals surface area contributed by atoms with Crippen LogP contribution in [0.25, 0.3) is 21.5 Å². The molecule has 0 fully saturated rings. The number of aromatic nitrogens is 5. The molecule has 0 saturated heterocycles. The maximum Gasteiger partial charge on any atom is 0.277 e. The fourth-order valence-electron chi connectivity index (χ4n) is 2.03. The predicted molar refractivity (Wildman–Crippen MR) is 92.1 cm³/mol. The van der Waals surface area contributed by atoms with Crippen molar-refractivity contribution in [2.45, 2.75) is 24.8 Å². The highest BCUT2D eigenvalue weighted by Gasteiger charge is 2.16. The zero-order valence-electron chi connectivity index (χ0n) is 12.7. The molecule has 10 heteroatoms. The number of thioether (sulfide) groups is 1. The van der Waals surface area contributed by atoms with E-state index >= 15 is 0 Å². The van der Waals surface area contributed by atoms with Crippen LogP contribution < -0.4 is 0 Å². The van der Waals surface area contributed by atoms with Crippen molar-refractivity contribution < 1.29 is 8.94 Å². The third-order valence-corrected chi connectivity index (χ3v) is 5.76. The van der Waals surface area contributed by atoms with Gasteiger partial charge < -0.3 is 8.94 Å². The second kappa shape index (κ2) is 6.46. The third kappa shape index (κ3) is 3.12. The molecule has 122 valence electrons. The molecule has 0 aliphatic heterocycles. The summed E-state index contributed by atoms with van der Waals surface area (Å²) in [6.07, 6.45) is 0. The molecule has 0 aliphatic carbocycles. The van der Waals surface area contributed by atoms with Gasteiger partial charge in [0.05, 0.1) is 21.3 Å². The van der Waals surface area contributed by atoms with E-state index in [4.69, 9.17) is 8.94 Å². The molecule has 0 radical (unpaired) electrons. The Kier molecular flexibility index (Phi) is 4.17. The first-order valence-corrected chi connectivity index (χ1v) is 9.64. The van der Waals surface area contributed by atoms with Gasteiger partial charge in [-0.3, -0.25) is 0 Å². The maximum atomic E-state index is 5.69. The van der Waals surface area contributed by atoms with Gasteiger partial charge >= 0.3 is 0 Å². The molecule has 4 aromatic heterocycles. The van der Waals surface area contributed by atoms with Gasteiger partial charge in [-0.25, -0.2) is 4.98 Å². The molecule has 0 aliphatic rings. The van der Waals surface area contributed by atoms with Crippen molar-refractivity contribution in [3.8, 4) is 21.5 Å².